The molecular formula is C39H39NO3. The van der Waals surface area contributed by atoms with Gasteiger partial charge >= 0.3 is 0 Å². The summed E-state index contributed by atoms with van der Waals surface area (Å²) in [5.74, 6) is 2.97. The zero-order chi connectivity index (χ0) is 29.9. The number of ether oxygens (including phenoxy) is 3. The highest BCUT2D eigenvalue weighted by Crippen LogP contribution is 2.53. The van der Waals surface area contributed by atoms with Crippen LogP contribution in [0.25, 0.3) is 22.4 Å². The van der Waals surface area contributed by atoms with Gasteiger partial charge in [-0.05, 0) is 96.2 Å². The molecule has 0 fully saturated rings. The van der Waals surface area contributed by atoms with Gasteiger partial charge in [0.25, 0.3) is 0 Å². The van der Waals surface area contributed by atoms with Gasteiger partial charge in [-0.25, -0.2) is 0 Å². The van der Waals surface area contributed by atoms with Gasteiger partial charge in [-0.2, -0.15) is 0 Å². The minimum atomic E-state index is -0.786. The molecule has 1 atom stereocenters. The van der Waals surface area contributed by atoms with Crippen LogP contribution in [-0.2, 0) is 12.0 Å². The van der Waals surface area contributed by atoms with Crippen LogP contribution in [0.4, 0.5) is 5.69 Å². The molecule has 0 aromatic heterocycles. The second-order valence-electron chi connectivity index (χ2n) is 12.5. The Morgan fingerprint density at radius 1 is 0.860 bits per heavy atom. The Bertz CT molecular complexity index is 1840. The highest BCUT2D eigenvalue weighted by Gasteiger charge is 2.40. The molecule has 43 heavy (non-hydrogen) atoms. The molecule has 0 bridgehead atoms. The van der Waals surface area contributed by atoms with Crippen molar-refractivity contribution in [2.75, 3.05) is 25.8 Å². The topological polar surface area (TPSA) is 30.9 Å². The van der Waals surface area contributed by atoms with E-state index >= 15 is 0 Å². The Hall–Kier alpha value is -4.44. The van der Waals surface area contributed by atoms with E-state index in [1.807, 2.05) is 0 Å². The number of anilines is 1. The maximum atomic E-state index is 7.40. The van der Waals surface area contributed by atoms with Crippen molar-refractivity contribution in [3.63, 3.8) is 0 Å². The number of allylic oxidation sites excluding steroid dienone is 4. The van der Waals surface area contributed by atoms with Crippen molar-refractivity contribution in [2.45, 2.75) is 46.1 Å². The van der Waals surface area contributed by atoms with E-state index in [2.05, 4.69) is 132 Å². The van der Waals surface area contributed by atoms with Gasteiger partial charge in [-0.15, -0.1) is 0 Å². The predicted octanol–water partition coefficient (Wildman–Crippen LogP) is 9.22. The van der Waals surface area contributed by atoms with Gasteiger partial charge in [0.2, 0.25) is 6.79 Å². The molecule has 0 amide bonds. The summed E-state index contributed by atoms with van der Waals surface area (Å²) >= 11 is 0. The van der Waals surface area contributed by atoms with Crippen LogP contribution >= 0.6 is 0 Å². The third-order valence-electron chi connectivity index (χ3n) is 9.14. The van der Waals surface area contributed by atoms with Crippen molar-refractivity contribution in [2.24, 2.45) is 5.92 Å². The third-order valence-corrected chi connectivity index (χ3v) is 9.14. The molecule has 7 rings (SSSR count). The molecular weight excluding hydrogens is 530 g/mol. The fraction of sp³-hybridized carbons (Fsp3) is 0.282. The van der Waals surface area contributed by atoms with E-state index in [1.165, 1.54) is 39.1 Å². The van der Waals surface area contributed by atoms with Crippen molar-refractivity contribution in [1.29, 1.82) is 0 Å². The summed E-state index contributed by atoms with van der Waals surface area (Å²) in [4.78, 5) is 2.16. The van der Waals surface area contributed by atoms with Crippen LogP contribution < -0.4 is 19.1 Å². The van der Waals surface area contributed by atoms with Crippen molar-refractivity contribution >= 4 is 28.1 Å². The normalized spacial score (nSPS) is 18.8. The molecule has 4 heteroatoms. The second-order valence-corrected chi connectivity index (χ2v) is 12.5. The largest absolute Gasteiger partial charge is 0.472 e. The van der Waals surface area contributed by atoms with Gasteiger partial charge in [0.15, 0.2) is 17.1 Å². The molecule has 4 aromatic carbocycles. The van der Waals surface area contributed by atoms with Crippen molar-refractivity contribution < 1.29 is 14.2 Å². The number of rotatable bonds is 5. The van der Waals surface area contributed by atoms with Gasteiger partial charge < -0.3 is 19.1 Å². The summed E-state index contributed by atoms with van der Waals surface area (Å²) in [5.41, 5.74) is 10.4. The molecule has 0 radical (unpaired) electrons. The number of fused-ring (bicyclic) bond motifs is 7. The first kappa shape index (κ1) is 27.4. The maximum Gasteiger partial charge on any atom is 0.231 e. The molecule has 0 saturated heterocycles. The molecule has 0 spiro atoms. The lowest BCUT2D eigenvalue weighted by molar-refractivity contribution is 0.163. The summed E-state index contributed by atoms with van der Waals surface area (Å²) < 4.78 is 19.2. The van der Waals surface area contributed by atoms with Crippen LogP contribution in [0.3, 0.4) is 0 Å². The van der Waals surface area contributed by atoms with E-state index in [1.54, 1.807) is 0 Å². The Morgan fingerprint density at radius 3 is 2.30 bits per heavy atom. The molecule has 4 aromatic rings. The molecule has 0 N–H and O–H groups in total. The number of aryl methyl sites for hydroxylation is 1. The maximum absolute atomic E-state index is 7.40. The Labute approximate surface area is 254 Å². The van der Waals surface area contributed by atoms with Crippen LogP contribution in [0.2, 0.25) is 0 Å². The van der Waals surface area contributed by atoms with E-state index in [0.29, 0.717) is 5.92 Å². The first-order valence-corrected chi connectivity index (χ1v) is 15.3. The van der Waals surface area contributed by atoms with E-state index in [0.717, 1.165) is 52.0 Å². The van der Waals surface area contributed by atoms with Crippen LogP contribution in [0, 0.1) is 12.8 Å². The van der Waals surface area contributed by atoms with Crippen molar-refractivity contribution in [3.05, 3.63) is 118 Å². The molecule has 2 heterocycles. The Kier molecular flexibility index (Phi) is 6.61. The molecule has 4 nitrogen and oxygen atoms in total. The molecule has 218 valence electrons. The zero-order valence-electron chi connectivity index (χ0n) is 26.0. The number of nitrogens with zero attached hydrogens (tertiary/aromatic N) is 1. The van der Waals surface area contributed by atoms with Crippen LogP contribution in [0.15, 0.2) is 84.5 Å². The van der Waals surface area contributed by atoms with Crippen LogP contribution in [0.5, 0.6) is 17.2 Å². The molecule has 0 saturated carbocycles. The van der Waals surface area contributed by atoms with Crippen LogP contribution in [-0.4, -0.2) is 20.9 Å². The van der Waals surface area contributed by atoms with E-state index in [-0.39, 0.29) is 6.79 Å². The fourth-order valence-electron chi connectivity index (χ4n) is 6.96. The Balaban J connectivity index is 1.50. The summed E-state index contributed by atoms with van der Waals surface area (Å²) in [6.07, 6.45) is 11.2. The highest BCUT2D eigenvalue weighted by atomic mass is 16.7. The average Bonchev–Trinajstić information content (AvgIpc) is 3.47. The lowest BCUT2D eigenvalue weighted by Gasteiger charge is -2.38. The highest BCUT2D eigenvalue weighted by molar-refractivity contribution is 6.05. The Morgan fingerprint density at radius 2 is 1.60 bits per heavy atom. The standard InChI is InChI=1S/C39H39NO3/c1-24(2)12-13-27-14-16-30-31-18-19-39(28-10-8-7-9-11-28,29-15-17-34(40(5)6)25(3)20-29)43-38(31)33-22-36-35(41-23-42-36)21-32(33)37(30)26(27)4/h7-13,15,17-22,24H,14,16,23H2,1-6H3/b13-12-. The first-order chi connectivity index (χ1) is 20.8. The first-order valence-electron chi connectivity index (χ1n) is 15.3. The number of benzene rings is 4. The SMILES string of the molecule is CC1=C(/C=C\C(C)C)CCc2c3c(c4cc5c(cc4c21)OCO5)OC(c1ccccc1)(c1ccc(N(C)C)c(C)c1)C=C3. The number of hydrogen-bond acceptors (Lipinski definition) is 4. The summed E-state index contributed by atoms with van der Waals surface area (Å²) in [7, 11) is 4.17. The van der Waals surface area contributed by atoms with Gasteiger partial charge in [-0.1, -0.05) is 68.5 Å². The van der Waals surface area contributed by atoms with Gasteiger partial charge in [0.05, 0.1) is 0 Å². The van der Waals surface area contributed by atoms with E-state index in [4.69, 9.17) is 14.2 Å². The fourth-order valence-corrected chi connectivity index (χ4v) is 6.96. The van der Waals surface area contributed by atoms with E-state index in [9.17, 15) is 0 Å². The monoisotopic (exact) mass is 569 g/mol. The lowest BCUT2D eigenvalue weighted by Crippen LogP contribution is -2.35. The second kappa shape index (κ2) is 10.4. The molecule has 1 aliphatic carbocycles. The zero-order valence-corrected chi connectivity index (χ0v) is 26.0. The quantitative estimate of drug-likeness (QED) is 0.240. The van der Waals surface area contributed by atoms with Crippen molar-refractivity contribution in [3.8, 4) is 17.2 Å². The predicted molar refractivity (Wildman–Crippen MR) is 177 cm³/mol. The van der Waals surface area contributed by atoms with Crippen LogP contribution in [0.1, 0.15) is 60.6 Å². The van der Waals surface area contributed by atoms with Crippen molar-refractivity contribution in [1.82, 2.24) is 0 Å². The summed E-state index contributed by atoms with van der Waals surface area (Å²) in [6, 6.07) is 21.5. The van der Waals surface area contributed by atoms with Gasteiger partial charge in [0, 0.05) is 41.9 Å². The molecule has 3 aliphatic rings. The summed E-state index contributed by atoms with van der Waals surface area (Å²) in [5, 5.41) is 2.21. The minimum Gasteiger partial charge on any atom is -0.472 e. The minimum absolute atomic E-state index is 0.236. The smallest absolute Gasteiger partial charge is 0.231 e. The third kappa shape index (κ3) is 4.43. The average molecular weight is 570 g/mol. The molecule has 2 aliphatic heterocycles. The van der Waals surface area contributed by atoms with E-state index < -0.39 is 5.60 Å². The van der Waals surface area contributed by atoms with Gasteiger partial charge in [0.1, 0.15) is 5.75 Å². The number of hydrogen-bond donors (Lipinski definition) is 0. The van der Waals surface area contributed by atoms with Gasteiger partial charge in [-0.3, -0.25) is 0 Å². The summed E-state index contributed by atoms with van der Waals surface area (Å²) in [6.45, 7) is 9.13. The lowest BCUT2D eigenvalue weighted by atomic mass is 9.77. The molecule has 1 unspecified atom stereocenters.